The van der Waals surface area contributed by atoms with Gasteiger partial charge in [0.05, 0.1) is 0 Å². The Labute approximate surface area is 259 Å². The van der Waals surface area contributed by atoms with Gasteiger partial charge in [0.1, 0.15) is 0 Å². The van der Waals surface area contributed by atoms with E-state index in [-0.39, 0.29) is 14.9 Å². The summed E-state index contributed by atoms with van der Waals surface area (Å²) in [7, 11) is 0. The van der Waals surface area contributed by atoms with Crippen molar-refractivity contribution in [1.82, 2.24) is 0 Å². The Balaban J connectivity index is 0. The molecule has 0 N–H and O–H groups in total. The lowest BCUT2D eigenvalue weighted by molar-refractivity contribution is 0.736. The molecule has 228 valence electrons. The van der Waals surface area contributed by atoms with Gasteiger partial charge in [0, 0.05) is 0 Å². The third-order valence-electron chi connectivity index (χ3n) is 5.27. The van der Waals surface area contributed by atoms with Crippen LogP contribution in [0.5, 0.6) is 0 Å². The minimum atomic E-state index is 0. The van der Waals surface area contributed by atoms with Crippen molar-refractivity contribution in [1.29, 1.82) is 0 Å². The van der Waals surface area contributed by atoms with E-state index in [0.717, 1.165) is 11.8 Å². The molecule has 0 aliphatic heterocycles. The second-order valence-electron chi connectivity index (χ2n) is 10.5. The first-order valence-electron chi connectivity index (χ1n) is 15.1. The number of benzene rings is 6. The summed E-state index contributed by atoms with van der Waals surface area (Å²) in [6.45, 7) is 21.0. The molecule has 6 rings (SSSR count). The average molecular weight is 565 g/mol. The molecule has 0 aliphatic rings. The second-order valence-corrected chi connectivity index (χ2v) is 10.5. The van der Waals surface area contributed by atoms with Crippen LogP contribution in [-0.2, 0) is 0 Å². The van der Waals surface area contributed by atoms with E-state index in [9.17, 15) is 0 Å². The maximum atomic E-state index is 2.24. The highest BCUT2D eigenvalue weighted by molar-refractivity contribution is 6.07. The predicted octanol–water partition coefficient (Wildman–Crippen LogP) is 14.6. The molecule has 0 amide bonds. The van der Waals surface area contributed by atoms with Gasteiger partial charge in [0.15, 0.2) is 0 Å². The molecule has 0 fully saturated rings. The van der Waals surface area contributed by atoms with E-state index in [1.165, 1.54) is 43.1 Å². The predicted molar refractivity (Wildman–Crippen MR) is 200 cm³/mol. The van der Waals surface area contributed by atoms with Gasteiger partial charge < -0.3 is 0 Å². The van der Waals surface area contributed by atoms with Crippen molar-refractivity contribution in [3.05, 3.63) is 121 Å². The molecule has 0 unspecified atom stereocenters. The number of hydrogen-bond acceptors (Lipinski definition) is 0. The van der Waals surface area contributed by atoms with Crippen molar-refractivity contribution < 1.29 is 0 Å². The first-order valence-corrected chi connectivity index (χ1v) is 15.1. The minimum Gasteiger partial charge on any atom is -0.0776 e. The van der Waals surface area contributed by atoms with Gasteiger partial charge in [-0.2, -0.15) is 0 Å². The summed E-state index contributed by atoms with van der Waals surface area (Å²) in [5.41, 5.74) is 0. The third-order valence-corrected chi connectivity index (χ3v) is 5.27. The highest BCUT2D eigenvalue weighted by atomic mass is 14.0. The number of hydrogen-bond donors (Lipinski definition) is 0. The van der Waals surface area contributed by atoms with Crippen molar-refractivity contribution in [2.45, 2.75) is 84.1 Å². The summed E-state index contributed by atoms with van der Waals surface area (Å²) in [6, 6.07) is 42.8. The summed E-state index contributed by atoms with van der Waals surface area (Å²) in [5, 5.41) is 10.5. The van der Waals surface area contributed by atoms with Crippen LogP contribution in [0.1, 0.15) is 84.1 Å². The van der Waals surface area contributed by atoms with Crippen LogP contribution < -0.4 is 0 Å². The van der Waals surface area contributed by atoms with Crippen LogP contribution in [0.25, 0.3) is 43.1 Å². The molecule has 0 nitrogen and oxygen atoms in total. The monoisotopic (exact) mass is 564 g/mol. The summed E-state index contributed by atoms with van der Waals surface area (Å²) < 4.78 is 0. The quantitative estimate of drug-likeness (QED) is 0.127. The van der Waals surface area contributed by atoms with Crippen LogP contribution in [0, 0.1) is 11.8 Å². The second kappa shape index (κ2) is 23.0. The van der Waals surface area contributed by atoms with E-state index < -0.39 is 0 Å². The van der Waals surface area contributed by atoms with E-state index >= 15 is 0 Å². The van der Waals surface area contributed by atoms with Gasteiger partial charge in [0.25, 0.3) is 0 Å². The van der Waals surface area contributed by atoms with Crippen LogP contribution in [0.4, 0.5) is 0 Å². The van der Waals surface area contributed by atoms with Crippen LogP contribution >= 0.6 is 0 Å². The van der Waals surface area contributed by atoms with Crippen molar-refractivity contribution >= 4 is 43.1 Å². The standard InChI is InChI=1S/2C14H10.2C4H10.2C2H6.2CH4/c1-3-7-13-11(5-1)9-10-12-6-2-4-8-14(12)13;1-2-6-12-10-14-8-4-3-7-13(14)9-11(12)5-1;2*1-4(2)3;2*1-2;;/h2*1-10H;2*4H,1-3H3;2*1-2H3;2*1H4. The summed E-state index contributed by atoms with van der Waals surface area (Å²) >= 11 is 0. The largest absolute Gasteiger partial charge is 0.0776 e. The average Bonchev–Trinajstić information content (AvgIpc) is 2.98. The van der Waals surface area contributed by atoms with Gasteiger partial charge in [-0.15, -0.1) is 0 Å². The van der Waals surface area contributed by atoms with Crippen LogP contribution in [-0.4, -0.2) is 0 Å². The Morgan fingerprint density at radius 1 is 0.310 bits per heavy atom. The molecular weight excluding hydrogens is 504 g/mol. The van der Waals surface area contributed by atoms with Crippen molar-refractivity contribution in [2.75, 3.05) is 0 Å². The molecule has 0 aliphatic carbocycles. The molecule has 0 atom stereocenters. The van der Waals surface area contributed by atoms with Crippen molar-refractivity contribution in [3.63, 3.8) is 0 Å². The SMILES string of the molecule is C.C.CC.CC.CC(C)C.CC(C)C.c1ccc2c(c1)ccc1ccccc12.c1ccc2cc3ccccc3cc2c1. The van der Waals surface area contributed by atoms with Crippen molar-refractivity contribution in [3.8, 4) is 0 Å². The zero-order valence-corrected chi connectivity index (χ0v) is 26.7. The highest BCUT2D eigenvalue weighted by Crippen LogP contribution is 2.24. The van der Waals surface area contributed by atoms with E-state index in [4.69, 9.17) is 0 Å². The lowest BCUT2D eigenvalue weighted by Gasteiger charge is -2.02. The van der Waals surface area contributed by atoms with Crippen LogP contribution in [0.15, 0.2) is 121 Å². The van der Waals surface area contributed by atoms with Crippen LogP contribution in [0.2, 0.25) is 0 Å². The summed E-state index contributed by atoms with van der Waals surface area (Å²) in [6.07, 6.45) is 0. The maximum Gasteiger partial charge on any atom is -0.0105 e. The van der Waals surface area contributed by atoms with Gasteiger partial charge in [-0.05, 0) is 67.1 Å². The fourth-order valence-corrected chi connectivity index (χ4v) is 3.84. The smallest absolute Gasteiger partial charge is 0.0105 e. The number of fused-ring (bicyclic) bond motifs is 5. The zero-order valence-electron chi connectivity index (χ0n) is 26.7. The Morgan fingerprint density at radius 2 is 0.500 bits per heavy atom. The molecule has 6 aromatic rings. The summed E-state index contributed by atoms with van der Waals surface area (Å²) in [5.74, 6) is 1.67. The number of rotatable bonds is 0. The molecule has 0 spiro atoms. The lowest BCUT2D eigenvalue weighted by atomic mass is 10.0. The van der Waals surface area contributed by atoms with E-state index in [2.05, 4.69) is 163 Å². The first kappa shape index (κ1) is 40.5. The molecule has 0 radical (unpaired) electrons. The van der Waals surface area contributed by atoms with Gasteiger partial charge in [-0.1, -0.05) is 193 Å². The molecule has 0 saturated carbocycles. The van der Waals surface area contributed by atoms with Gasteiger partial charge in [-0.3, -0.25) is 0 Å². The van der Waals surface area contributed by atoms with Gasteiger partial charge >= 0.3 is 0 Å². The molecular formula is C42H60. The molecule has 0 heteroatoms. The fourth-order valence-electron chi connectivity index (χ4n) is 3.84. The van der Waals surface area contributed by atoms with E-state index in [1.807, 2.05) is 27.7 Å². The highest BCUT2D eigenvalue weighted by Gasteiger charge is 1.97. The van der Waals surface area contributed by atoms with E-state index in [0.29, 0.717) is 0 Å². The van der Waals surface area contributed by atoms with Crippen molar-refractivity contribution in [2.24, 2.45) is 11.8 Å². The zero-order chi connectivity index (χ0) is 29.9. The minimum absolute atomic E-state index is 0. The molecule has 0 heterocycles. The van der Waals surface area contributed by atoms with E-state index in [1.54, 1.807) is 0 Å². The van der Waals surface area contributed by atoms with Crippen LogP contribution in [0.3, 0.4) is 0 Å². The third kappa shape index (κ3) is 13.8. The fraction of sp³-hybridized carbons (Fsp3) is 0.333. The Morgan fingerprint density at radius 3 is 0.738 bits per heavy atom. The topological polar surface area (TPSA) is 0 Å². The Bertz CT molecular complexity index is 1320. The van der Waals surface area contributed by atoms with Gasteiger partial charge in [-0.25, -0.2) is 0 Å². The first-order chi connectivity index (χ1) is 19.3. The Hall–Kier alpha value is -3.64. The lowest BCUT2D eigenvalue weighted by Crippen LogP contribution is -1.75. The van der Waals surface area contributed by atoms with Gasteiger partial charge in [0.2, 0.25) is 0 Å². The normalized spacial score (nSPS) is 9.24. The molecule has 0 bridgehead atoms. The molecule has 6 aromatic carbocycles. The molecule has 0 aromatic heterocycles. The Kier molecular flexibility index (Phi) is 22.2. The molecule has 0 saturated heterocycles. The molecule has 42 heavy (non-hydrogen) atoms. The summed E-state index contributed by atoms with van der Waals surface area (Å²) in [4.78, 5) is 0. The maximum absolute atomic E-state index is 2.24.